The Bertz CT molecular complexity index is 1350. The molecule has 5 nitrogen and oxygen atoms in total. The summed E-state index contributed by atoms with van der Waals surface area (Å²) < 4.78 is 2.07. The molecule has 0 unspecified atom stereocenters. The highest BCUT2D eigenvalue weighted by atomic mass is 35.5. The second-order valence-electron chi connectivity index (χ2n) is 7.92. The van der Waals surface area contributed by atoms with E-state index in [0.717, 1.165) is 34.4 Å². The molecule has 0 radical (unpaired) electrons. The molecular weight excluding hydrogens is 420 g/mol. The van der Waals surface area contributed by atoms with Crippen LogP contribution in [0.3, 0.4) is 0 Å². The first-order valence-corrected chi connectivity index (χ1v) is 11.0. The van der Waals surface area contributed by atoms with Crippen LogP contribution in [-0.2, 0) is 11.2 Å². The minimum Gasteiger partial charge on any atom is -0.329 e. The van der Waals surface area contributed by atoms with E-state index in [0.29, 0.717) is 16.5 Å². The van der Waals surface area contributed by atoms with Gasteiger partial charge in [0.05, 0.1) is 22.6 Å². The van der Waals surface area contributed by atoms with E-state index in [4.69, 9.17) is 16.6 Å². The molecule has 0 bridgehead atoms. The fourth-order valence-electron chi connectivity index (χ4n) is 4.27. The normalized spacial score (nSPS) is 15.4. The van der Waals surface area contributed by atoms with Crippen LogP contribution in [0.4, 0.5) is 11.6 Å². The van der Waals surface area contributed by atoms with Gasteiger partial charge in [-0.25, -0.2) is 4.98 Å². The first-order chi connectivity index (χ1) is 15.5. The topological polar surface area (TPSA) is 59.0 Å². The number of carbonyl (C=O) groups excluding carboxylic acids is 1. The molecule has 0 fully saturated rings. The lowest BCUT2D eigenvalue weighted by atomic mass is 9.94. The Morgan fingerprint density at radius 2 is 1.88 bits per heavy atom. The zero-order chi connectivity index (χ0) is 22.2. The van der Waals surface area contributed by atoms with Crippen molar-refractivity contribution in [2.45, 2.75) is 26.3 Å². The smallest absolute Gasteiger partial charge is 0.255 e. The molecule has 6 heteroatoms. The van der Waals surface area contributed by atoms with E-state index in [1.54, 1.807) is 0 Å². The second-order valence-corrected chi connectivity index (χ2v) is 8.36. The third-order valence-electron chi connectivity index (χ3n) is 5.86. The van der Waals surface area contributed by atoms with Gasteiger partial charge in [0.15, 0.2) is 0 Å². The van der Waals surface area contributed by atoms with Gasteiger partial charge in [0.25, 0.3) is 5.91 Å². The maximum atomic E-state index is 13.6. The quantitative estimate of drug-likeness (QED) is 0.396. The van der Waals surface area contributed by atoms with Crippen LogP contribution in [0.5, 0.6) is 0 Å². The van der Waals surface area contributed by atoms with Crippen LogP contribution >= 0.6 is 11.6 Å². The van der Waals surface area contributed by atoms with Crippen molar-refractivity contribution in [3.8, 4) is 0 Å². The Hall–Kier alpha value is -3.57. The lowest BCUT2D eigenvalue weighted by Crippen LogP contribution is -2.30. The van der Waals surface area contributed by atoms with E-state index >= 15 is 0 Å². The van der Waals surface area contributed by atoms with Gasteiger partial charge in [-0.1, -0.05) is 54.9 Å². The highest BCUT2D eigenvalue weighted by molar-refractivity contribution is 6.30. The van der Waals surface area contributed by atoms with E-state index < -0.39 is 0 Å². The van der Waals surface area contributed by atoms with Crippen molar-refractivity contribution < 1.29 is 4.79 Å². The van der Waals surface area contributed by atoms with Crippen molar-refractivity contribution >= 4 is 40.2 Å². The van der Waals surface area contributed by atoms with E-state index in [-0.39, 0.29) is 11.9 Å². The number of aromatic nitrogens is 2. The molecule has 2 heterocycles. The Labute approximate surface area is 191 Å². The summed E-state index contributed by atoms with van der Waals surface area (Å²) in [4.78, 5) is 18.3. The largest absolute Gasteiger partial charge is 0.329 e. The van der Waals surface area contributed by atoms with Crippen LogP contribution in [0.2, 0.25) is 5.02 Å². The minimum absolute atomic E-state index is 0.160. The number of allylic oxidation sites excluding steroid dienone is 1. The molecule has 0 saturated carbocycles. The molecule has 1 aromatic heterocycles. The molecule has 32 heavy (non-hydrogen) atoms. The standard InChI is InChI=1S/C26H23ClN4O/c1-3-17-11-13-20(14-12-17)29-25(32)23-16(2)28-26-30-21-9-4-5-10-22(21)31(26)24(23)18-7-6-8-19(27)15-18/h4-15,24H,3H2,1-2H3,(H,28,30)(H,29,32)/t24-/m0/s1. The van der Waals surface area contributed by atoms with Crippen LogP contribution in [0.25, 0.3) is 11.0 Å². The summed E-state index contributed by atoms with van der Waals surface area (Å²) in [7, 11) is 0. The Morgan fingerprint density at radius 3 is 2.62 bits per heavy atom. The third-order valence-corrected chi connectivity index (χ3v) is 6.09. The van der Waals surface area contributed by atoms with Gasteiger partial charge in [0, 0.05) is 16.4 Å². The zero-order valence-electron chi connectivity index (χ0n) is 17.9. The average molecular weight is 443 g/mol. The highest BCUT2D eigenvalue weighted by Gasteiger charge is 2.34. The summed E-state index contributed by atoms with van der Waals surface area (Å²) in [5, 5.41) is 7.04. The van der Waals surface area contributed by atoms with Crippen LogP contribution < -0.4 is 10.6 Å². The molecule has 0 spiro atoms. The SMILES string of the molecule is CCc1ccc(NC(=O)C2=C(C)Nc3nc4ccccc4n3[C@H]2c2cccc(Cl)c2)cc1. The van der Waals surface area contributed by atoms with Crippen molar-refractivity contribution in [1.82, 2.24) is 9.55 Å². The summed E-state index contributed by atoms with van der Waals surface area (Å²) in [6, 6.07) is 23.2. The molecule has 1 aliphatic rings. The van der Waals surface area contributed by atoms with Gasteiger partial charge in [-0.2, -0.15) is 0 Å². The Balaban J connectivity index is 1.63. The molecule has 4 aromatic rings. The average Bonchev–Trinajstić information content (AvgIpc) is 3.16. The van der Waals surface area contributed by atoms with E-state index in [2.05, 4.69) is 22.1 Å². The van der Waals surface area contributed by atoms with Crippen molar-refractivity contribution in [3.05, 3.63) is 100 Å². The fourth-order valence-corrected chi connectivity index (χ4v) is 4.47. The molecule has 2 N–H and O–H groups in total. The van der Waals surface area contributed by atoms with Gasteiger partial charge >= 0.3 is 0 Å². The second kappa shape index (κ2) is 8.17. The highest BCUT2D eigenvalue weighted by Crippen LogP contribution is 2.40. The van der Waals surface area contributed by atoms with Gasteiger partial charge in [-0.15, -0.1) is 0 Å². The number of imidazole rings is 1. The van der Waals surface area contributed by atoms with E-state index in [9.17, 15) is 4.79 Å². The predicted octanol–water partition coefficient (Wildman–Crippen LogP) is 6.18. The first-order valence-electron chi connectivity index (χ1n) is 10.7. The molecule has 3 aromatic carbocycles. The van der Waals surface area contributed by atoms with Crippen molar-refractivity contribution in [2.75, 3.05) is 10.6 Å². The summed E-state index contributed by atoms with van der Waals surface area (Å²) >= 11 is 6.35. The van der Waals surface area contributed by atoms with Gasteiger partial charge in [-0.3, -0.25) is 9.36 Å². The fraction of sp³-hybridized carbons (Fsp3) is 0.154. The number of halogens is 1. The molecule has 5 rings (SSSR count). The first kappa shape index (κ1) is 20.3. The summed E-state index contributed by atoms with van der Waals surface area (Å²) in [6.07, 6.45) is 0.954. The number of anilines is 2. The maximum Gasteiger partial charge on any atom is 0.255 e. The number of carbonyl (C=O) groups is 1. The van der Waals surface area contributed by atoms with Gasteiger partial charge in [0.1, 0.15) is 0 Å². The molecule has 1 aliphatic heterocycles. The molecule has 160 valence electrons. The predicted molar refractivity (Wildman–Crippen MR) is 130 cm³/mol. The van der Waals surface area contributed by atoms with Gasteiger partial charge in [0.2, 0.25) is 5.95 Å². The number of hydrogen-bond donors (Lipinski definition) is 2. The number of amides is 1. The number of para-hydroxylation sites is 2. The minimum atomic E-state index is -0.368. The number of aryl methyl sites for hydroxylation is 1. The number of nitrogens with zero attached hydrogens (tertiary/aromatic N) is 2. The van der Waals surface area contributed by atoms with Crippen molar-refractivity contribution in [1.29, 1.82) is 0 Å². The van der Waals surface area contributed by atoms with Crippen LogP contribution in [-0.4, -0.2) is 15.5 Å². The molecular formula is C26H23ClN4O. The lowest BCUT2D eigenvalue weighted by molar-refractivity contribution is -0.113. The van der Waals surface area contributed by atoms with E-state index in [1.165, 1.54) is 5.56 Å². The van der Waals surface area contributed by atoms with E-state index in [1.807, 2.05) is 79.7 Å². The van der Waals surface area contributed by atoms with Crippen molar-refractivity contribution in [3.63, 3.8) is 0 Å². The van der Waals surface area contributed by atoms with Crippen molar-refractivity contribution in [2.24, 2.45) is 0 Å². The molecule has 0 saturated heterocycles. The summed E-state index contributed by atoms with van der Waals surface area (Å²) in [6.45, 7) is 4.02. The number of benzene rings is 3. The van der Waals surface area contributed by atoms with Gasteiger partial charge < -0.3 is 10.6 Å². The van der Waals surface area contributed by atoms with Crippen LogP contribution in [0, 0.1) is 0 Å². The summed E-state index contributed by atoms with van der Waals surface area (Å²) in [5.74, 6) is 0.546. The zero-order valence-corrected chi connectivity index (χ0v) is 18.6. The van der Waals surface area contributed by atoms with Gasteiger partial charge in [-0.05, 0) is 60.9 Å². The maximum absolute atomic E-state index is 13.6. The third kappa shape index (κ3) is 3.55. The van der Waals surface area contributed by atoms with Crippen LogP contribution in [0.15, 0.2) is 84.1 Å². The number of nitrogens with one attached hydrogen (secondary N) is 2. The Morgan fingerprint density at radius 1 is 1.09 bits per heavy atom. The number of rotatable bonds is 4. The number of hydrogen-bond acceptors (Lipinski definition) is 3. The molecule has 1 amide bonds. The Kier molecular flexibility index (Phi) is 5.19. The molecule has 1 atom stereocenters. The monoisotopic (exact) mass is 442 g/mol. The number of fused-ring (bicyclic) bond motifs is 3. The lowest BCUT2D eigenvalue weighted by Gasteiger charge is -2.30. The summed E-state index contributed by atoms with van der Waals surface area (Å²) in [5.41, 5.74) is 6.12. The molecule has 0 aliphatic carbocycles. The van der Waals surface area contributed by atoms with Crippen LogP contribution in [0.1, 0.15) is 31.0 Å².